The Morgan fingerprint density at radius 1 is 1.24 bits per heavy atom. The highest BCUT2D eigenvalue weighted by atomic mass is 32.2. The average molecular weight is 408 g/mol. The molecule has 0 saturated carbocycles. The normalized spacial score (nSPS) is 17.1. The molecule has 0 spiro atoms. The molecular formula is C19H16N6O3S. The van der Waals surface area contributed by atoms with Crippen LogP contribution in [0.15, 0.2) is 39.9 Å². The molecule has 0 unspecified atom stereocenters. The Morgan fingerprint density at radius 3 is 2.72 bits per heavy atom. The summed E-state index contributed by atoms with van der Waals surface area (Å²) in [6.07, 6.45) is 1.62. The van der Waals surface area contributed by atoms with Crippen LogP contribution in [0.4, 0.5) is 5.69 Å². The van der Waals surface area contributed by atoms with Crippen molar-refractivity contribution in [2.45, 2.75) is 20.8 Å². The SMILES string of the molecule is Cc1ccc([N+](=O)[O-])cc1-n1c(C)cc(/C=C2\C(=N)N3N=CSC3=NC2=O)c1C. The third-order valence-corrected chi connectivity index (χ3v) is 5.49. The highest BCUT2D eigenvalue weighted by Crippen LogP contribution is 2.29. The van der Waals surface area contributed by atoms with Crippen molar-refractivity contribution in [3.05, 3.63) is 62.5 Å². The molecule has 0 bridgehead atoms. The number of aryl methyl sites for hydroxylation is 2. The molecule has 29 heavy (non-hydrogen) atoms. The van der Waals surface area contributed by atoms with E-state index in [-0.39, 0.29) is 17.1 Å². The zero-order valence-electron chi connectivity index (χ0n) is 15.8. The summed E-state index contributed by atoms with van der Waals surface area (Å²) in [7, 11) is 0. The molecule has 1 amide bonds. The number of fused-ring (bicyclic) bond motifs is 1. The molecule has 1 N–H and O–H groups in total. The van der Waals surface area contributed by atoms with Gasteiger partial charge in [0.2, 0.25) is 0 Å². The second-order valence-corrected chi connectivity index (χ2v) is 7.46. The molecule has 0 atom stereocenters. The molecule has 146 valence electrons. The molecular weight excluding hydrogens is 392 g/mol. The van der Waals surface area contributed by atoms with Gasteiger partial charge in [-0.1, -0.05) is 6.07 Å². The summed E-state index contributed by atoms with van der Waals surface area (Å²) < 4.78 is 1.91. The zero-order valence-corrected chi connectivity index (χ0v) is 16.6. The van der Waals surface area contributed by atoms with Crippen LogP contribution in [0.5, 0.6) is 0 Å². The van der Waals surface area contributed by atoms with Gasteiger partial charge in [-0.3, -0.25) is 20.3 Å². The van der Waals surface area contributed by atoms with Gasteiger partial charge in [0.15, 0.2) is 11.0 Å². The van der Waals surface area contributed by atoms with Crippen LogP contribution < -0.4 is 0 Å². The third-order valence-electron chi connectivity index (χ3n) is 4.81. The number of thioether (sulfide) groups is 1. The number of carbonyl (C=O) groups is 1. The quantitative estimate of drug-likeness (QED) is 0.473. The molecule has 0 saturated heterocycles. The number of hydrazone groups is 1. The van der Waals surface area contributed by atoms with E-state index >= 15 is 0 Å². The van der Waals surface area contributed by atoms with Crippen molar-refractivity contribution in [1.29, 1.82) is 5.41 Å². The van der Waals surface area contributed by atoms with E-state index in [9.17, 15) is 14.9 Å². The number of nitrogens with one attached hydrogen (secondary N) is 1. The van der Waals surface area contributed by atoms with Crippen molar-refractivity contribution >= 4 is 46.0 Å². The molecule has 2 aliphatic rings. The van der Waals surface area contributed by atoms with E-state index in [4.69, 9.17) is 5.41 Å². The summed E-state index contributed by atoms with van der Waals surface area (Å²) in [4.78, 5) is 27.2. The lowest BCUT2D eigenvalue weighted by molar-refractivity contribution is -0.384. The second kappa shape index (κ2) is 6.82. The van der Waals surface area contributed by atoms with Gasteiger partial charge in [0.05, 0.1) is 21.7 Å². The van der Waals surface area contributed by atoms with Gasteiger partial charge in [-0.05, 0) is 55.8 Å². The number of hydrogen-bond donors (Lipinski definition) is 1. The van der Waals surface area contributed by atoms with E-state index in [2.05, 4.69) is 10.1 Å². The predicted octanol–water partition coefficient (Wildman–Crippen LogP) is 3.56. The van der Waals surface area contributed by atoms with Gasteiger partial charge in [-0.15, -0.1) is 0 Å². The number of nitro groups is 1. The number of hydrogen-bond acceptors (Lipinski definition) is 6. The minimum atomic E-state index is -0.490. The number of carbonyl (C=O) groups excluding carboxylic acids is 1. The molecule has 1 aromatic carbocycles. The maximum absolute atomic E-state index is 12.4. The van der Waals surface area contributed by atoms with Crippen molar-refractivity contribution in [3.63, 3.8) is 0 Å². The van der Waals surface area contributed by atoms with E-state index in [1.54, 1.807) is 12.1 Å². The Bertz CT molecular complexity index is 1190. The molecule has 0 aliphatic carbocycles. The number of non-ortho nitro benzene ring substituents is 1. The van der Waals surface area contributed by atoms with E-state index in [0.29, 0.717) is 10.9 Å². The fourth-order valence-electron chi connectivity index (χ4n) is 3.35. The van der Waals surface area contributed by atoms with Gasteiger partial charge in [0.25, 0.3) is 11.6 Å². The number of aliphatic imine (C=N–C) groups is 1. The molecule has 0 fully saturated rings. The first-order valence-corrected chi connectivity index (χ1v) is 9.53. The van der Waals surface area contributed by atoms with Crippen molar-refractivity contribution in [3.8, 4) is 5.69 Å². The lowest BCUT2D eigenvalue weighted by Crippen LogP contribution is -2.35. The van der Waals surface area contributed by atoms with E-state index in [1.165, 1.54) is 34.5 Å². The molecule has 4 rings (SSSR count). The van der Waals surface area contributed by atoms with Gasteiger partial charge in [-0.25, -0.2) is 0 Å². The number of benzene rings is 1. The van der Waals surface area contributed by atoms with Crippen LogP contribution in [0.2, 0.25) is 0 Å². The summed E-state index contributed by atoms with van der Waals surface area (Å²) in [5, 5.41) is 25.2. The van der Waals surface area contributed by atoms with Crippen LogP contribution in [0.1, 0.15) is 22.5 Å². The molecule has 3 heterocycles. The van der Waals surface area contributed by atoms with Crippen LogP contribution in [0.3, 0.4) is 0 Å². The topological polar surface area (TPSA) is 117 Å². The highest BCUT2D eigenvalue weighted by Gasteiger charge is 2.32. The van der Waals surface area contributed by atoms with E-state index < -0.39 is 10.8 Å². The molecule has 2 aliphatic heterocycles. The van der Waals surface area contributed by atoms with Gasteiger partial charge < -0.3 is 4.57 Å². The standard InChI is InChI=1S/C19H16N6O3S/c1-10-4-5-14(25(27)28)8-16(10)23-11(2)6-13(12(23)3)7-15-17(20)24-19(22-18(15)26)29-9-21-24/h4-9,20H,1-3H3/b15-7+,20-17?. The van der Waals surface area contributed by atoms with Crippen LogP contribution in [0.25, 0.3) is 11.8 Å². The first-order chi connectivity index (χ1) is 13.8. The van der Waals surface area contributed by atoms with Crippen molar-refractivity contribution in [2.24, 2.45) is 10.1 Å². The smallest absolute Gasteiger partial charge is 0.283 e. The third kappa shape index (κ3) is 3.07. The number of amides is 1. The zero-order chi connectivity index (χ0) is 20.9. The Morgan fingerprint density at radius 2 is 2.00 bits per heavy atom. The van der Waals surface area contributed by atoms with Crippen molar-refractivity contribution in [1.82, 2.24) is 9.58 Å². The predicted molar refractivity (Wildman–Crippen MR) is 113 cm³/mol. The second-order valence-electron chi connectivity index (χ2n) is 6.65. The van der Waals surface area contributed by atoms with Gasteiger partial charge >= 0.3 is 0 Å². The number of nitrogens with zero attached hydrogens (tertiary/aromatic N) is 5. The van der Waals surface area contributed by atoms with Gasteiger partial charge in [0.1, 0.15) is 0 Å². The Hall–Kier alpha value is -3.53. The van der Waals surface area contributed by atoms with Crippen molar-refractivity contribution in [2.75, 3.05) is 0 Å². The van der Waals surface area contributed by atoms with E-state index in [0.717, 1.165) is 22.5 Å². The lowest BCUT2D eigenvalue weighted by atomic mass is 10.1. The maximum Gasteiger partial charge on any atom is 0.283 e. The summed E-state index contributed by atoms with van der Waals surface area (Å²) in [5.74, 6) is -0.520. The molecule has 1 aromatic heterocycles. The summed E-state index contributed by atoms with van der Waals surface area (Å²) >= 11 is 1.19. The first-order valence-electron chi connectivity index (χ1n) is 8.65. The summed E-state index contributed by atoms with van der Waals surface area (Å²) in [6.45, 7) is 5.64. The first kappa shape index (κ1) is 18.8. The van der Waals surface area contributed by atoms with Gasteiger partial charge in [-0.2, -0.15) is 15.1 Å². The highest BCUT2D eigenvalue weighted by molar-refractivity contribution is 8.25. The lowest BCUT2D eigenvalue weighted by Gasteiger charge is -2.20. The Kier molecular flexibility index (Phi) is 4.42. The van der Waals surface area contributed by atoms with Crippen molar-refractivity contribution < 1.29 is 9.72 Å². The number of nitro benzene ring substituents is 1. The van der Waals surface area contributed by atoms with Crippen LogP contribution in [0, 0.1) is 36.3 Å². The molecule has 2 aromatic rings. The average Bonchev–Trinajstić information content (AvgIpc) is 3.23. The number of rotatable bonds is 3. The monoisotopic (exact) mass is 408 g/mol. The summed E-state index contributed by atoms with van der Waals surface area (Å²) in [6, 6.07) is 6.60. The largest absolute Gasteiger partial charge is 0.317 e. The number of aromatic nitrogens is 1. The van der Waals surface area contributed by atoms with E-state index in [1.807, 2.05) is 31.4 Å². The fraction of sp³-hybridized carbons (Fsp3) is 0.158. The van der Waals surface area contributed by atoms with Crippen LogP contribution in [-0.2, 0) is 4.79 Å². The summed E-state index contributed by atoms with van der Waals surface area (Å²) in [5.41, 5.74) is 5.65. The van der Waals surface area contributed by atoms with Crippen LogP contribution in [-0.4, -0.2) is 37.0 Å². The Labute approximate surface area is 170 Å². The Balaban J connectivity index is 1.82. The molecule has 10 heteroatoms. The molecule has 0 radical (unpaired) electrons. The minimum Gasteiger partial charge on any atom is -0.317 e. The number of amidine groups is 2. The maximum atomic E-state index is 12.4. The van der Waals surface area contributed by atoms with Crippen LogP contribution >= 0.6 is 11.8 Å². The minimum absolute atomic E-state index is 0.00787. The van der Waals surface area contributed by atoms with Gasteiger partial charge in [0, 0.05) is 23.5 Å². The fourth-order valence-corrected chi connectivity index (χ4v) is 3.96. The molecule has 9 nitrogen and oxygen atoms in total.